The van der Waals surface area contributed by atoms with Crippen LogP contribution in [0.25, 0.3) is 17.3 Å². The van der Waals surface area contributed by atoms with E-state index in [0.29, 0.717) is 45.8 Å². The molecule has 0 unspecified atom stereocenters. The molecule has 3 heterocycles. The minimum atomic E-state index is -4.44. The number of pyridine rings is 1. The van der Waals surface area contributed by atoms with Gasteiger partial charge < -0.3 is 9.84 Å². The molecule has 0 atom stereocenters. The molecule has 0 radical (unpaired) electrons. The molecule has 8 nitrogen and oxygen atoms in total. The fourth-order valence-corrected chi connectivity index (χ4v) is 3.50. The van der Waals surface area contributed by atoms with Gasteiger partial charge in [-0.1, -0.05) is 17.3 Å². The van der Waals surface area contributed by atoms with Crippen LogP contribution in [0.3, 0.4) is 0 Å². The van der Waals surface area contributed by atoms with E-state index in [-0.39, 0.29) is 6.54 Å². The van der Waals surface area contributed by atoms with E-state index in [4.69, 9.17) is 4.52 Å². The first-order valence-electron chi connectivity index (χ1n) is 10.6. The van der Waals surface area contributed by atoms with Crippen LogP contribution >= 0.6 is 0 Å². The monoisotopic (exact) mass is 468 g/mol. The highest BCUT2D eigenvalue weighted by molar-refractivity contribution is 5.95. The Bertz CT molecular complexity index is 1340. The molecule has 1 saturated carbocycles. The maximum Gasteiger partial charge on any atom is 0.416 e. The smallest absolute Gasteiger partial charge is 0.348 e. The number of alkyl halides is 3. The van der Waals surface area contributed by atoms with E-state index in [9.17, 15) is 18.0 Å². The molecular weight excluding hydrogens is 449 g/mol. The summed E-state index contributed by atoms with van der Waals surface area (Å²) < 4.78 is 45.5. The van der Waals surface area contributed by atoms with Gasteiger partial charge in [0.2, 0.25) is 0 Å². The summed E-state index contributed by atoms with van der Waals surface area (Å²) in [5, 5.41) is 10.9. The second-order valence-corrected chi connectivity index (χ2v) is 8.07. The molecule has 1 fully saturated rings. The van der Waals surface area contributed by atoms with E-state index in [0.717, 1.165) is 25.0 Å². The molecular formula is C23H19F3N6O2. The zero-order valence-electron chi connectivity index (χ0n) is 18.0. The Labute approximate surface area is 191 Å². The van der Waals surface area contributed by atoms with E-state index < -0.39 is 17.6 Å². The van der Waals surface area contributed by atoms with Gasteiger partial charge in [0, 0.05) is 18.7 Å². The highest BCUT2D eigenvalue weighted by atomic mass is 19.4. The van der Waals surface area contributed by atoms with Crippen LogP contribution in [0.5, 0.6) is 0 Å². The molecule has 0 bridgehead atoms. The van der Waals surface area contributed by atoms with Gasteiger partial charge >= 0.3 is 6.18 Å². The van der Waals surface area contributed by atoms with Crippen LogP contribution < -0.4 is 5.32 Å². The van der Waals surface area contributed by atoms with Gasteiger partial charge in [0.25, 0.3) is 11.8 Å². The van der Waals surface area contributed by atoms with Crippen molar-refractivity contribution in [2.75, 3.05) is 0 Å². The first kappa shape index (κ1) is 21.8. The summed E-state index contributed by atoms with van der Waals surface area (Å²) in [7, 11) is 0. The summed E-state index contributed by atoms with van der Waals surface area (Å²) in [5.41, 5.74) is 1.09. The van der Waals surface area contributed by atoms with Crippen molar-refractivity contribution in [3.8, 4) is 17.3 Å². The van der Waals surface area contributed by atoms with Crippen LogP contribution in [-0.2, 0) is 12.7 Å². The third kappa shape index (κ3) is 4.41. The third-order valence-electron chi connectivity index (χ3n) is 5.56. The van der Waals surface area contributed by atoms with Gasteiger partial charge in [0.1, 0.15) is 0 Å². The number of hydrogen-bond donors (Lipinski definition) is 1. The van der Waals surface area contributed by atoms with Crippen molar-refractivity contribution in [3.63, 3.8) is 0 Å². The molecule has 1 aromatic carbocycles. The summed E-state index contributed by atoms with van der Waals surface area (Å²) in [4.78, 5) is 21.4. The highest BCUT2D eigenvalue weighted by Gasteiger charge is 2.30. The number of nitrogens with one attached hydrogen (secondary N) is 1. The molecule has 34 heavy (non-hydrogen) atoms. The van der Waals surface area contributed by atoms with Crippen molar-refractivity contribution >= 4 is 5.91 Å². The largest absolute Gasteiger partial charge is 0.416 e. The molecule has 4 aromatic rings. The average molecular weight is 468 g/mol. The average Bonchev–Trinajstić information content (AvgIpc) is 3.43. The lowest BCUT2D eigenvalue weighted by Crippen LogP contribution is -2.23. The van der Waals surface area contributed by atoms with Crippen LogP contribution in [0.4, 0.5) is 13.2 Å². The molecule has 5 rings (SSSR count). The molecule has 11 heteroatoms. The van der Waals surface area contributed by atoms with E-state index in [1.807, 2.05) is 0 Å². The van der Waals surface area contributed by atoms with Crippen LogP contribution in [-0.4, -0.2) is 30.8 Å². The summed E-state index contributed by atoms with van der Waals surface area (Å²) in [5.74, 6) is 1.53. The lowest BCUT2D eigenvalue weighted by molar-refractivity contribution is -0.137. The van der Waals surface area contributed by atoms with Crippen molar-refractivity contribution in [2.24, 2.45) is 0 Å². The van der Waals surface area contributed by atoms with Crippen LogP contribution in [0.1, 0.15) is 51.8 Å². The number of benzene rings is 1. The van der Waals surface area contributed by atoms with E-state index >= 15 is 0 Å². The lowest BCUT2D eigenvalue weighted by Gasteiger charge is -2.10. The normalized spacial score (nSPS) is 13.8. The van der Waals surface area contributed by atoms with Gasteiger partial charge in [-0.25, -0.2) is 9.67 Å². The Morgan fingerprint density at radius 3 is 2.74 bits per heavy atom. The Balaban J connectivity index is 1.28. The topological polar surface area (TPSA) is 98.7 Å². The van der Waals surface area contributed by atoms with Crippen molar-refractivity contribution in [3.05, 3.63) is 77.0 Å². The molecule has 1 amide bonds. The zero-order chi connectivity index (χ0) is 23.9. The first-order valence-corrected chi connectivity index (χ1v) is 10.6. The van der Waals surface area contributed by atoms with Gasteiger partial charge in [0.15, 0.2) is 11.6 Å². The summed E-state index contributed by atoms with van der Waals surface area (Å²) in [6.07, 6.45) is 0.693. The predicted octanol–water partition coefficient (Wildman–Crippen LogP) is 4.45. The number of halogens is 3. The van der Waals surface area contributed by atoms with Crippen molar-refractivity contribution < 1.29 is 22.5 Å². The van der Waals surface area contributed by atoms with E-state index in [1.54, 1.807) is 25.3 Å². The Morgan fingerprint density at radius 2 is 2.03 bits per heavy atom. The quantitative estimate of drug-likeness (QED) is 0.449. The molecule has 1 N–H and O–H groups in total. The van der Waals surface area contributed by atoms with Crippen LogP contribution in [0, 0.1) is 6.92 Å². The van der Waals surface area contributed by atoms with Gasteiger partial charge in [-0.05, 0) is 49.6 Å². The molecule has 1 aliphatic rings. The molecule has 3 aromatic heterocycles. The fourth-order valence-electron chi connectivity index (χ4n) is 3.50. The lowest BCUT2D eigenvalue weighted by atomic mass is 10.1. The Morgan fingerprint density at radius 1 is 1.21 bits per heavy atom. The summed E-state index contributed by atoms with van der Waals surface area (Å²) in [6, 6.07) is 8.33. The zero-order valence-corrected chi connectivity index (χ0v) is 18.0. The number of amides is 1. The maximum absolute atomic E-state index is 12.9. The van der Waals surface area contributed by atoms with E-state index in [2.05, 4.69) is 25.5 Å². The first-order chi connectivity index (χ1) is 16.3. The molecule has 0 spiro atoms. The number of carbonyl (C=O) groups excluding carboxylic acids is 1. The minimum Gasteiger partial charge on any atom is -0.348 e. The summed E-state index contributed by atoms with van der Waals surface area (Å²) >= 11 is 0. The predicted molar refractivity (Wildman–Crippen MR) is 114 cm³/mol. The Kier molecular flexibility index (Phi) is 5.39. The molecule has 1 aliphatic carbocycles. The highest BCUT2D eigenvalue weighted by Crippen LogP contribution is 2.38. The third-order valence-corrected chi connectivity index (χ3v) is 5.56. The molecule has 0 saturated heterocycles. The van der Waals surface area contributed by atoms with Gasteiger partial charge in [-0.3, -0.25) is 4.79 Å². The van der Waals surface area contributed by atoms with Crippen molar-refractivity contribution in [1.29, 1.82) is 0 Å². The number of hydrogen-bond acceptors (Lipinski definition) is 6. The number of rotatable bonds is 6. The second kappa shape index (κ2) is 8.40. The standard InChI is InChI=1S/C23H19F3N6O2/c1-13-18(21(33)28-10-14-3-2-4-17(9-14)23(24,25)26)12-29-32(13)19-8-7-16(11-27-19)22-30-20(31-34-22)15-5-6-15/h2-4,7-9,11-12,15H,5-6,10H2,1H3,(H,28,33). The molecule has 174 valence electrons. The second-order valence-electron chi connectivity index (χ2n) is 8.07. The number of aromatic nitrogens is 5. The SMILES string of the molecule is Cc1c(C(=O)NCc2cccc(C(F)(F)F)c2)cnn1-c1ccc(-c2nc(C3CC3)no2)cn1. The number of carbonyl (C=O) groups is 1. The van der Waals surface area contributed by atoms with Gasteiger partial charge in [0.05, 0.1) is 28.6 Å². The molecule has 0 aliphatic heterocycles. The fraction of sp³-hybridized carbons (Fsp3) is 0.261. The Hall–Kier alpha value is -4.02. The maximum atomic E-state index is 12.9. The van der Waals surface area contributed by atoms with E-state index in [1.165, 1.54) is 23.0 Å². The van der Waals surface area contributed by atoms with Crippen molar-refractivity contribution in [2.45, 2.75) is 38.4 Å². The van der Waals surface area contributed by atoms with Gasteiger partial charge in [-0.15, -0.1) is 0 Å². The van der Waals surface area contributed by atoms with Crippen LogP contribution in [0.15, 0.2) is 53.3 Å². The van der Waals surface area contributed by atoms with Crippen LogP contribution in [0.2, 0.25) is 0 Å². The summed E-state index contributed by atoms with van der Waals surface area (Å²) in [6.45, 7) is 1.66. The minimum absolute atomic E-state index is 0.0483. The number of nitrogens with zero attached hydrogens (tertiary/aromatic N) is 5. The van der Waals surface area contributed by atoms with Crippen molar-refractivity contribution in [1.82, 2.24) is 30.2 Å². The van der Waals surface area contributed by atoms with Gasteiger partial charge in [-0.2, -0.15) is 23.3 Å².